The van der Waals surface area contributed by atoms with Gasteiger partial charge in [0.25, 0.3) is 0 Å². The first kappa shape index (κ1) is 19.2. The van der Waals surface area contributed by atoms with Crippen molar-refractivity contribution >= 4 is 0 Å². The monoisotopic (exact) mass is 296 g/mol. The summed E-state index contributed by atoms with van der Waals surface area (Å²) in [5.41, 5.74) is 1.46. The highest BCUT2D eigenvalue weighted by atomic mass is 16.5. The van der Waals surface area contributed by atoms with Crippen LogP contribution in [0.1, 0.15) is 12.5 Å². The molecule has 0 amide bonds. The first-order chi connectivity index (χ1) is 10.0. The van der Waals surface area contributed by atoms with Gasteiger partial charge in [-0.05, 0) is 24.6 Å². The molecule has 0 radical (unpaired) electrons. The van der Waals surface area contributed by atoms with E-state index in [2.05, 4.69) is 13.2 Å². The molecule has 0 saturated carbocycles. The Kier molecular flexibility index (Phi) is 9.12. The van der Waals surface area contributed by atoms with Crippen molar-refractivity contribution in [3.05, 3.63) is 48.6 Å². The fraction of sp³-hybridized carbons (Fsp3) is 0.375. The summed E-state index contributed by atoms with van der Waals surface area (Å²) in [6.45, 7) is 8.91. The lowest BCUT2D eigenvalue weighted by molar-refractivity contribution is 0.0420. The second-order valence-electron chi connectivity index (χ2n) is 4.38. The first-order valence-corrected chi connectivity index (χ1v) is 6.48. The van der Waals surface area contributed by atoms with E-state index >= 15 is 0 Å². The predicted molar refractivity (Wildman–Crippen MR) is 82.5 cm³/mol. The Labute approximate surface area is 125 Å². The van der Waals surface area contributed by atoms with Crippen LogP contribution >= 0.6 is 0 Å². The Morgan fingerprint density at radius 3 is 2.48 bits per heavy atom. The minimum atomic E-state index is -0.636. The van der Waals surface area contributed by atoms with Crippen molar-refractivity contribution in [3.8, 4) is 11.5 Å². The van der Waals surface area contributed by atoms with E-state index in [1.165, 1.54) is 6.08 Å². The van der Waals surface area contributed by atoms with Gasteiger partial charge in [-0.2, -0.15) is 0 Å². The normalized spacial score (nSPS) is 18.7. The molecule has 1 aliphatic heterocycles. The maximum Gasteiger partial charge on any atom is 0.145 e. The average molecular weight is 296 g/mol. The Balaban J connectivity index is 0.000000579. The van der Waals surface area contributed by atoms with Crippen molar-refractivity contribution in [2.75, 3.05) is 13.7 Å². The maximum atomic E-state index is 9.81. The third kappa shape index (κ3) is 5.59. The molecule has 4 N–H and O–H groups in total. The van der Waals surface area contributed by atoms with Crippen molar-refractivity contribution < 1.29 is 25.2 Å². The molecule has 0 aliphatic carbocycles. The second-order valence-corrected chi connectivity index (χ2v) is 4.38. The first-order valence-electron chi connectivity index (χ1n) is 6.48. The van der Waals surface area contributed by atoms with E-state index < -0.39 is 6.10 Å². The molecule has 0 saturated heterocycles. The largest absolute Gasteiger partial charge is 0.508 e. The number of ether oxygens (including phenoxy) is 1. The molecule has 2 rings (SSSR count). The van der Waals surface area contributed by atoms with Crippen molar-refractivity contribution in [2.24, 2.45) is 0 Å². The molecule has 1 aromatic carbocycles. The van der Waals surface area contributed by atoms with Crippen LogP contribution in [0, 0.1) is 0 Å². The smallest absolute Gasteiger partial charge is 0.145 e. The number of rotatable bonds is 2. The zero-order chi connectivity index (χ0) is 16.4. The Morgan fingerprint density at radius 2 is 2.00 bits per heavy atom. The summed E-state index contributed by atoms with van der Waals surface area (Å²) in [5, 5.41) is 34.2. The molecule has 1 heterocycles. The average Bonchev–Trinajstić information content (AvgIpc) is 2.50. The summed E-state index contributed by atoms with van der Waals surface area (Å²) in [7, 11) is 1.00. The van der Waals surface area contributed by atoms with E-state index in [1.807, 2.05) is 6.92 Å². The van der Waals surface area contributed by atoms with Gasteiger partial charge in [-0.3, -0.25) is 0 Å². The number of fused-ring (bicyclic) bond motifs is 1. The summed E-state index contributed by atoms with van der Waals surface area (Å²) in [6, 6.07) is 5.11. The van der Waals surface area contributed by atoms with E-state index in [4.69, 9.17) is 14.9 Å². The highest BCUT2D eigenvalue weighted by Crippen LogP contribution is 2.35. The van der Waals surface area contributed by atoms with Gasteiger partial charge in [-0.1, -0.05) is 18.7 Å². The molecular weight excluding hydrogens is 272 g/mol. The highest BCUT2D eigenvalue weighted by molar-refractivity contribution is 5.46. The Morgan fingerprint density at radius 1 is 1.43 bits per heavy atom. The van der Waals surface area contributed by atoms with Gasteiger partial charge >= 0.3 is 0 Å². The molecule has 0 aromatic heterocycles. The highest BCUT2D eigenvalue weighted by Gasteiger charge is 2.30. The molecule has 5 heteroatoms. The van der Waals surface area contributed by atoms with Crippen LogP contribution in [0.5, 0.6) is 11.5 Å². The quantitative estimate of drug-likeness (QED) is 0.620. The van der Waals surface area contributed by atoms with Gasteiger partial charge in [0.15, 0.2) is 0 Å². The van der Waals surface area contributed by atoms with E-state index in [-0.39, 0.29) is 18.5 Å². The number of aromatic hydroxyl groups is 1. The van der Waals surface area contributed by atoms with E-state index in [0.717, 1.165) is 12.7 Å². The summed E-state index contributed by atoms with van der Waals surface area (Å²) < 4.78 is 5.58. The molecule has 1 aromatic rings. The summed E-state index contributed by atoms with van der Waals surface area (Å²) >= 11 is 0. The lowest BCUT2D eigenvalue weighted by Gasteiger charge is -2.31. The lowest BCUT2D eigenvalue weighted by atomic mass is 9.95. The van der Waals surface area contributed by atoms with Crippen molar-refractivity contribution in [1.82, 2.24) is 0 Å². The van der Waals surface area contributed by atoms with Crippen LogP contribution in [-0.2, 0) is 6.42 Å². The summed E-state index contributed by atoms with van der Waals surface area (Å²) in [5.74, 6) is 0.806. The number of benzene rings is 1. The molecule has 0 spiro atoms. The van der Waals surface area contributed by atoms with E-state index in [1.54, 1.807) is 18.2 Å². The van der Waals surface area contributed by atoms with Gasteiger partial charge in [0.2, 0.25) is 0 Å². The molecule has 1 aliphatic rings. The van der Waals surface area contributed by atoms with Crippen molar-refractivity contribution in [3.63, 3.8) is 0 Å². The zero-order valence-electron chi connectivity index (χ0n) is 12.5. The SMILES string of the molecule is C=C(C)[C@H]1Oc2cccc(O)c2C[C@@H]1O.C=CCO.CO. The number of phenolic OH excluding ortho intramolecular Hbond substituents is 1. The predicted octanol–water partition coefficient (Wildman–Crippen LogP) is 1.41. The van der Waals surface area contributed by atoms with Gasteiger partial charge in [0.1, 0.15) is 17.6 Å². The standard InChI is InChI=1S/C12H14O3.C3H6O.CH4O/c1-7(2)12-10(14)6-8-9(13)4-3-5-11(8)15-12;1-2-3-4;1-2/h3-5,10,12-14H,1,6H2,2H3;2,4H,1,3H2;2H,1H3/t10-,12+;;/m0../s1. The van der Waals surface area contributed by atoms with Crippen LogP contribution in [0.2, 0.25) is 0 Å². The minimum absolute atomic E-state index is 0.0833. The van der Waals surface area contributed by atoms with Crippen LogP contribution in [0.25, 0.3) is 0 Å². The Hall–Kier alpha value is -1.82. The molecule has 21 heavy (non-hydrogen) atoms. The van der Waals surface area contributed by atoms with Crippen LogP contribution in [0.15, 0.2) is 43.0 Å². The summed E-state index contributed by atoms with van der Waals surface area (Å²) in [6.07, 6.45) is 0.821. The van der Waals surface area contributed by atoms with Crippen molar-refractivity contribution in [1.29, 1.82) is 0 Å². The number of phenols is 1. The van der Waals surface area contributed by atoms with E-state index in [9.17, 15) is 10.2 Å². The van der Waals surface area contributed by atoms with Crippen LogP contribution in [0.3, 0.4) is 0 Å². The van der Waals surface area contributed by atoms with Gasteiger partial charge in [-0.25, -0.2) is 0 Å². The lowest BCUT2D eigenvalue weighted by Crippen LogP contribution is -2.37. The number of aliphatic hydroxyl groups is 3. The van der Waals surface area contributed by atoms with Crippen LogP contribution in [0.4, 0.5) is 0 Å². The van der Waals surface area contributed by atoms with Crippen LogP contribution < -0.4 is 4.74 Å². The molecule has 2 atom stereocenters. The molecule has 0 bridgehead atoms. The second kappa shape index (κ2) is 9.99. The fourth-order valence-electron chi connectivity index (χ4n) is 1.83. The molecular formula is C16H24O5. The number of hydrogen-bond acceptors (Lipinski definition) is 5. The fourth-order valence-corrected chi connectivity index (χ4v) is 1.83. The summed E-state index contributed by atoms with van der Waals surface area (Å²) in [4.78, 5) is 0. The van der Waals surface area contributed by atoms with Gasteiger partial charge in [-0.15, -0.1) is 6.58 Å². The van der Waals surface area contributed by atoms with Gasteiger partial charge < -0.3 is 25.2 Å². The maximum absolute atomic E-state index is 9.81. The number of hydrogen-bond donors (Lipinski definition) is 4. The third-order valence-electron chi connectivity index (χ3n) is 2.74. The topological polar surface area (TPSA) is 90.2 Å². The van der Waals surface area contributed by atoms with Gasteiger partial charge in [0.05, 0.1) is 12.7 Å². The van der Waals surface area contributed by atoms with Crippen molar-refractivity contribution in [2.45, 2.75) is 25.6 Å². The van der Waals surface area contributed by atoms with Gasteiger partial charge in [0, 0.05) is 19.1 Å². The minimum Gasteiger partial charge on any atom is -0.508 e. The third-order valence-corrected chi connectivity index (χ3v) is 2.74. The number of aliphatic hydroxyl groups excluding tert-OH is 3. The molecule has 0 unspecified atom stereocenters. The zero-order valence-corrected chi connectivity index (χ0v) is 12.5. The van der Waals surface area contributed by atoms with E-state index in [0.29, 0.717) is 17.7 Å². The molecule has 118 valence electrons. The molecule has 5 nitrogen and oxygen atoms in total. The van der Waals surface area contributed by atoms with Crippen LogP contribution in [-0.4, -0.2) is 46.4 Å². The Bertz CT molecular complexity index is 456. The molecule has 0 fully saturated rings.